The van der Waals surface area contributed by atoms with E-state index < -0.39 is 17.3 Å². The molecule has 0 radical (unpaired) electrons. The number of carbonyl (C=O) groups is 1. The molecule has 0 fully saturated rings. The van der Waals surface area contributed by atoms with Crippen molar-refractivity contribution in [1.29, 1.82) is 0 Å². The standard InChI is InChI=1S/C7H3F3INO/c8-7(9,10)5-1-6(11)12-2-4(5)3-13/h1-3H. The molecule has 0 N–H and O–H groups in total. The number of carbonyl (C=O) groups excluding carboxylic acids is 1. The summed E-state index contributed by atoms with van der Waals surface area (Å²) in [5.74, 6) is 0. The normalized spacial score (nSPS) is 11.4. The van der Waals surface area contributed by atoms with Crippen molar-refractivity contribution in [2.75, 3.05) is 0 Å². The maximum absolute atomic E-state index is 12.2. The zero-order chi connectivity index (χ0) is 10.1. The third-order valence-corrected chi connectivity index (χ3v) is 1.92. The Kier molecular flexibility index (Phi) is 2.89. The van der Waals surface area contributed by atoms with Gasteiger partial charge in [-0.1, -0.05) is 0 Å². The summed E-state index contributed by atoms with van der Waals surface area (Å²) in [4.78, 5) is 13.8. The molecule has 0 unspecified atom stereocenters. The molecule has 6 heteroatoms. The first-order chi connectivity index (χ1) is 5.95. The van der Waals surface area contributed by atoms with Crippen LogP contribution in [0.15, 0.2) is 12.3 Å². The van der Waals surface area contributed by atoms with Crippen molar-refractivity contribution in [3.05, 3.63) is 27.1 Å². The van der Waals surface area contributed by atoms with E-state index in [1.54, 1.807) is 22.6 Å². The zero-order valence-corrected chi connectivity index (χ0v) is 8.26. The second-order valence-corrected chi connectivity index (χ2v) is 3.32. The maximum Gasteiger partial charge on any atom is 0.417 e. The summed E-state index contributed by atoms with van der Waals surface area (Å²) in [5.41, 5.74) is -1.38. The van der Waals surface area contributed by atoms with E-state index >= 15 is 0 Å². The molecular weight excluding hydrogens is 298 g/mol. The number of alkyl halides is 3. The Morgan fingerprint density at radius 3 is 2.54 bits per heavy atom. The van der Waals surface area contributed by atoms with Crippen molar-refractivity contribution < 1.29 is 18.0 Å². The van der Waals surface area contributed by atoms with Crippen molar-refractivity contribution in [1.82, 2.24) is 4.98 Å². The molecule has 0 aromatic carbocycles. The Morgan fingerprint density at radius 1 is 1.46 bits per heavy atom. The Morgan fingerprint density at radius 2 is 2.08 bits per heavy atom. The summed E-state index contributed by atoms with van der Waals surface area (Å²) < 4.78 is 36.9. The maximum atomic E-state index is 12.2. The highest BCUT2D eigenvalue weighted by atomic mass is 127. The molecule has 70 valence electrons. The number of hydrogen-bond donors (Lipinski definition) is 0. The van der Waals surface area contributed by atoms with Crippen molar-refractivity contribution in [3.63, 3.8) is 0 Å². The molecule has 0 aliphatic heterocycles. The Bertz CT molecular complexity index is 337. The van der Waals surface area contributed by atoms with Crippen LogP contribution in [0.25, 0.3) is 0 Å². The van der Waals surface area contributed by atoms with Gasteiger partial charge in [0.1, 0.15) is 3.70 Å². The number of aromatic nitrogens is 1. The SMILES string of the molecule is O=Cc1cnc(I)cc1C(F)(F)F. The fourth-order valence-electron chi connectivity index (χ4n) is 0.780. The van der Waals surface area contributed by atoms with Crippen LogP contribution in [0.1, 0.15) is 15.9 Å². The fraction of sp³-hybridized carbons (Fsp3) is 0.143. The highest BCUT2D eigenvalue weighted by Crippen LogP contribution is 2.31. The summed E-state index contributed by atoms with van der Waals surface area (Å²) in [7, 11) is 0. The van der Waals surface area contributed by atoms with Gasteiger partial charge in [0.2, 0.25) is 0 Å². The van der Waals surface area contributed by atoms with Crippen LogP contribution in [-0.2, 0) is 6.18 Å². The van der Waals surface area contributed by atoms with E-state index in [1.807, 2.05) is 0 Å². The molecule has 0 aliphatic rings. The number of hydrogen-bond acceptors (Lipinski definition) is 2. The topological polar surface area (TPSA) is 30.0 Å². The predicted molar refractivity (Wildman–Crippen MR) is 47.3 cm³/mol. The third-order valence-electron chi connectivity index (χ3n) is 1.33. The molecule has 1 heterocycles. The van der Waals surface area contributed by atoms with Gasteiger partial charge in [0.15, 0.2) is 6.29 Å². The highest BCUT2D eigenvalue weighted by Gasteiger charge is 2.33. The van der Waals surface area contributed by atoms with Gasteiger partial charge in [0.25, 0.3) is 0 Å². The lowest BCUT2D eigenvalue weighted by molar-refractivity contribution is -0.137. The number of aldehydes is 1. The van der Waals surface area contributed by atoms with Gasteiger partial charge in [-0.25, -0.2) is 4.98 Å². The highest BCUT2D eigenvalue weighted by molar-refractivity contribution is 14.1. The van der Waals surface area contributed by atoms with E-state index in [-0.39, 0.29) is 9.99 Å². The van der Waals surface area contributed by atoms with Crippen molar-refractivity contribution in [2.24, 2.45) is 0 Å². The molecule has 0 saturated carbocycles. The number of halogens is 4. The van der Waals surface area contributed by atoms with Gasteiger partial charge in [0, 0.05) is 11.8 Å². The first-order valence-corrected chi connectivity index (χ1v) is 4.21. The number of pyridine rings is 1. The van der Waals surface area contributed by atoms with E-state index in [0.29, 0.717) is 0 Å². The van der Waals surface area contributed by atoms with Crippen molar-refractivity contribution in [2.45, 2.75) is 6.18 Å². The van der Waals surface area contributed by atoms with Crippen LogP contribution in [0.5, 0.6) is 0 Å². The molecule has 1 aromatic heterocycles. The van der Waals surface area contributed by atoms with Crippen LogP contribution in [-0.4, -0.2) is 11.3 Å². The summed E-state index contributed by atoms with van der Waals surface area (Å²) in [6.45, 7) is 0. The minimum absolute atomic E-state index is 0.145. The molecule has 1 aromatic rings. The molecule has 0 aliphatic carbocycles. The minimum Gasteiger partial charge on any atom is -0.298 e. The van der Waals surface area contributed by atoms with Gasteiger partial charge in [-0.2, -0.15) is 13.2 Å². The largest absolute Gasteiger partial charge is 0.417 e. The lowest BCUT2D eigenvalue weighted by Gasteiger charge is -2.08. The lowest BCUT2D eigenvalue weighted by Crippen LogP contribution is -2.09. The van der Waals surface area contributed by atoms with E-state index in [0.717, 1.165) is 12.3 Å². The summed E-state index contributed by atoms with van der Waals surface area (Å²) in [6.07, 6.45) is -3.44. The van der Waals surface area contributed by atoms with Gasteiger partial charge in [-0.15, -0.1) is 0 Å². The molecule has 0 spiro atoms. The minimum atomic E-state index is -4.50. The second kappa shape index (κ2) is 3.60. The van der Waals surface area contributed by atoms with Crippen LogP contribution in [0.4, 0.5) is 13.2 Å². The Labute approximate surface area is 85.3 Å². The van der Waals surface area contributed by atoms with E-state index in [1.165, 1.54) is 0 Å². The van der Waals surface area contributed by atoms with Crippen LogP contribution in [0.3, 0.4) is 0 Å². The summed E-state index contributed by atoms with van der Waals surface area (Å²) in [6, 6.07) is 0.838. The molecule has 0 bridgehead atoms. The molecular formula is C7H3F3INO. The fourth-order valence-corrected chi connectivity index (χ4v) is 1.23. The van der Waals surface area contributed by atoms with Crippen molar-refractivity contribution in [3.8, 4) is 0 Å². The quantitative estimate of drug-likeness (QED) is 0.453. The third kappa shape index (κ3) is 2.39. The van der Waals surface area contributed by atoms with Gasteiger partial charge in [-0.3, -0.25) is 4.79 Å². The van der Waals surface area contributed by atoms with Gasteiger partial charge < -0.3 is 0 Å². The van der Waals surface area contributed by atoms with Crippen molar-refractivity contribution >= 4 is 28.9 Å². The van der Waals surface area contributed by atoms with Crippen LogP contribution < -0.4 is 0 Å². The zero-order valence-electron chi connectivity index (χ0n) is 6.10. The predicted octanol–water partition coefficient (Wildman–Crippen LogP) is 2.52. The van der Waals surface area contributed by atoms with Gasteiger partial charge in [-0.05, 0) is 28.7 Å². The monoisotopic (exact) mass is 301 g/mol. The second-order valence-electron chi connectivity index (χ2n) is 2.21. The molecule has 0 atom stereocenters. The van der Waals surface area contributed by atoms with Crippen LogP contribution >= 0.6 is 22.6 Å². The molecule has 13 heavy (non-hydrogen) atoms. The number of rotatable bonds is 1. The first kappa shape index (κ1) is 10.4. The molecule has 1 rings (SSSR count). The van der Waals surface area contributed by atoms with Gasteiger partial charge in [0.05, 0.1) is 5.56 Å². The molecule has 0 amide bonds. The number of nitrogens with zero attached hydrogens (tertiary/aromatic N) is 1. The Balaban J connectivity index is 3.32. The summed E-state index contributed by atoms with van der Waals surface area (Å²) in [5, 5.41) is 0. The lowest BCUT2D eigenvalue weighted by atomic mass is 10.1. The Hall–Kier alpha value is -0.660. The smallest absolute Gasteiger partial charge is 0.298 e. The van der Waals surface area contributed by atoms with Crippen LogP contribution in [0, 0.1) is 3.70 Å². The first-order valence-electron chi connectivity index (χ1n) is 3.13. The van der Waals surface area contributed by atoms with Gasteiger partial charge >= 0.3 is 6.18 Å². The van der Waals surface area contributed by atoms with Crippen LogP contribution in [0.2, 0.25) is 0 Å². The average molecular weight is 301 g/mol. The molecule has 2 nitrogen and oxygen atoms in total. The average Bonchev–Trinajstić information content (AvgIpc) is 2.03. The van der Waals surface area contributed by atoms with E-state index in [4.69, 9.17) is 0 Å². The summed E-state index contributed by atoms with van der Waals surface area (Å²) >= 11 is 1.65. The van der Waals surface area contributed by atoms with E-state index in [2.05, 4.69) is 4.98 Å². The molecule has 0 saturated heterocycles. The van der Waals surface area contributed by atoms with E-state index in [9.17, 15) is 18.0 Å².